The van der Waals surface area contributed by atoms with E-state index in [-0.39, 0.29) is 11.5 Å². The molecule has 3 rings (SSSR count). The van der Waals surface area contributed by atoms with Crippen molar-refractivity contribution in [2.45, 2.75) is 45.4 Å². The van der Waals surface area contributed by atoms with Crippen LogP contribution in [0.1, 0.15) is 75.6 Å². The zero-order chi connectivity index (χ0) is 21.0. The SMILES string of the molecule is CCc1cc(CC)c(C(=O)N2CCC(c3ccc(C#N)cc3)CC2)cc1C(=O)O. The van der Waals surface area contributed by atoms with Gasteiger partial charge in [0.2, 0.25) is 0 Å². The molecule has 1 aliphatic heterocycles. The van der Waals surface area contributed by atoms with Crippen molar-refractivity contribution in [3.05, 3.63) is 69.8 Å². The lowest BCUT2D eigenvalue weighted by atomic mass is 9.88. The van der Waals surface area contributed by atoms with Gasteiger partial charge in [-0.1, -0.05) is 32.0 Å². The maximum atomic E-state index is 13.2. The number of aryl methyl sites for hydroxylation is 2. The molecule has 5 nitrogen and oxygen atoms in total. The highest BCUT2D eigenvalue weighted by Gasteiger charge is 2.27. The molecule has 0 unspecified atom stereocenters. The van der Waals surface area contributed by atoms with Crippen LogP contribution in [-0.2, 0) is 12.8 Å². The summed E-state index contributed by atoms with van der Waals surface area (Å²) < 4.78 is 0. The summed E-state index contributed by atoms with van der Waals surface area (Å²) in [6.45, 7) is 5.20. The number of amides is 1. The van der Waals surface area contributed by atoms with E-state index in [1.54, 1.807) is 6.07 Å². The van der Waals surface area contributed by atoms with Gasteiger partial charge >= 0.3 is 5.97 Å². The number of nitrogens with zero attached hydrogens (tertiary/aromatic N) is 2. The highest BCUT2D eigenvalue weighted by Crippen LogP contribution is 2.30. The maximum absolute atomic E-state index is 13.2. The van der Waals surface area contributed by atoms with Crippen LogP contribution in [0, 0.1) is 11.3 Å². The van der Waals surface area contributed by atoms with Gasteiger partial charge in [0.1, 0.15) is 0 Å². The van der Waals surface area contributed by atoms with Crippen molar-refractivity contribution in [3.63, 3.8) is 0 Å². The lowest BCUT2D eigenvalue weighted by Gasteiger charge is -2.33. The van der Waals surface area contributed by atoms with Crippen LogP contribution in [0.5, 0.6) is 0 Å². The second-order valence-corrected chi connectivity index (χ2v) is 7.48. The largest absolute Gasteiger partial charge is 0.478 e. The summed E-state index contributed by atoms with van der Waals surface area (Å²) in [6, 6.07) is 13.2. The molecule has 2 aromatic carbocycles. The second kappa shape index (κ2) is 8.91. The number of carbonyl (C=O) groups excluding carboxylic acids is 1. The molecule has 0 aromatic heterocycles. The summed E-state index contributed by atoms with van der Waals surface area (Å²) in [5.41, 5.74) is 4.26. The van der Waals surface area contributed by atoms with Crippen molar-refractivity contribution in [3.8, 4) is 6.07 Å². The fourth-order valence-electron chi connectivity index (χ4n) is 4.09. The summed E-state index contributed by atoms with van der Waals surface area (Å²) in [7, 11) is 0. The van der Waals surface area contributed by atoms with Gasteiger partial charge in [0.25, 0.3) is 5.91 Å². The minimum Gasteiger partial charge on any atom is -0.478 e. The number of nitriles is 1. The fourth-order valence-corrected chi connectivity index (χ4v) is 4.09. The van der Waals surface area contributed by atoms with E-state index in [2.05, 4.69) is 6.07 Å². The van der Waals surface area contributed by atoms with E-state index in [1.807, 2.05) is 49.1 Å². The molecule has 0 bridgehead atoms. The van der Waals surface area contributed by atoms with Crippen molar-refractivity contribution in [1.82, 2.24) is 4.90 Å². The van der Waals surface area contributed by atoms with Gasteiger partial charge in [0, 0.05) is 18.7 Å². The molecule has 1 amide bonds. The van der Waals surface area contributed by atoms with E-state index in [9.17, 15) is 14.7 Å². The Hall–Kier alpha value is -3.13. The summed E-state index contributed by atoms with van der Waals surface area (Å²) in [4.78, 5) is 26.6. The lowest BCUT2D eigenvalue weighted by molar-refractivity contribution is 0.0695. The van der Waals surface area contributed by atoms with Gasteiger partial charge in [-0.15, -0.1) is 0 Å². The first-order valence-electron chi connectivity index (χ1n) is 10.2. The highest BCUT2D eigenvalue weighted by atomic mass is 16.4. The van der Waals surface area contributed by atoms with Gasteiger partial charge in [-0.05, 0) is 66.5 Å². The number of rotatable bonds is 5. The zero-order valence-electron chi connectivity index (χ0n) is 16.9. The van der Waals surface area contributed by atoms with Crippen molar-refractivity contribution < 1.29 is 14.7 Å². The number of piperidine rings is 1. The maximum Gasteiger partial charge on any atom is 0.335 e. The quantitative estimate of drug-likeness (QED) is 0.820. The van der Waals surface area contributed by atoms with Crippen molar-refractivity contribution >= 4 is 11.9 Å². The predicted octanol–water partition coefficient (Wildman–Crippen LogP) is 4.40. The molecule has 1 saturated heterocycles. The number of likely N-dealkylation sites (tertiary alicyclic amines) is 1. The average molecular weight is 390 g/mol. The van der Waals surface area contributed by atoms with Gasteiger partial charge < -0.3 is 10.0 Å². The van der Waals surface area contributed by atoms with Gasteiger partial charge in [0.05, 0.1) is 17.2 Å². The number of hydrogen-bond acceptors (Lipinski definition) is 3. The molecule has 1 heterocycles. The number of carbonyl (C=O) groups is 2. The van der Waals surface area contributed by atoms with E-state index in [1.165, 1.54) is 5.56 Å². The van der Waals surface area contributed by atoms with Crippen LogP contribution >= 0.6 is 0 Å². The van der Waals surface area contributed by atoms with E-state index < -0.39 is 5.97 Å². The van der Waals surface area contributed by atoms with E-state index in [4.69, 9.17) is 5.26 Å². The average Bonchev–Trinajstić information content (AvgIpc) is 2.77. The molecule has 150 valence electrons. The van der Waals surface area contributed by atoms with Crippen LogP contribution in [0.25, 0.3) is 0 Å². The molecule has 29 heavy (non-hydrogen) atoms. The van der Waals surface area contributed by atoms with Crippen LogP contribution in [0.4, 0.5) is 0 Å². The fraction of sp³-hybridized carbons (Fsp3) is 0.375. The zero-order valence-corrected chi connectivity index (χ0v) is 16.9. The molecule has 1 fully saturated rings. The van der Waals surface area contributed by atoms with E-state index in [0.717, 1.165) is 24.0 Å². The van der Waals surface area contributed by atoms with Crippen LogP contribution < -0.4 is 0 Å². The third-order valence-electron chi connectivity index (χ3n) is 5.85. The number of benzene rings is 2. The van der Waals surface area contributed by atoms with Crippen molar-refractivity contribution in [1.29, 1.82) is 5.26 Å². The molecular formula is C24H26N2O3. The standard InChI is InChI=1S/C24H26N2O3/c1-3-17-13-18(4-2)22(24(28)29)14-21(17)23(27)26-11-9-20(10-12-26)19-7-5-16(15-25)6-8-19/h5-8,13-14,20H,3-4,9-12H2,1-2H3,(H,28,29). The molecule has 0 radical (unpaired) electrons. The van der Waals surface area contributed by atoms with Crippen LogP contribution in [0.15, 0.2) is 36.4 Å². The summed E-state index contributed by atoms with van der Waals surface area (Å²) >= 11 is 0. The summed E-state index contributed by atoms with van der Waals surface area (Å²) in [6.07, 6.45) is 3.03. The molecule has 0 aliphatic carbocycles. The van der Waals surface area contributed by atoms with Gasteiger partial charge in [0.15, 0.2) is 0 Å². The number of aromatic carboxylic acids is 1. The third kappa shape index (κ3) is 4.32. The second-order valence-electron chi connectivity index (χ2n) is 7.48. The minimum atomic E-state index is -0.988. The monoisotopic (exact) mass is 390 g/mol. The molecule has 1 N–H and O–H groups in total. The van der Waals surface area contributed by atoms with Crippen molar-refractivity contribution in [2.75, 3.05) is 13.1 Å². The number of hydrogen-bond donors (Lipinski definition) is 1. The Labute approximate surface area is 171 Å². The smallest absolute Gasteiger partial charge is 0.335 e. The Balaban J connectivity index is 1.77. The Kier molecular flexibility index (Phi) is 6.33. The third-order valence-corrected chi connectivity index (χ3v) is 5.85. The van der Waals surface area contributed by atoms with E-state index >= 15 is 0 Å². The molecule has 0 saturated carbocycles. The molecular weight excluding hydrogens is 364 g/mol. The van der Waals surface area contributed by atoms with Gasteiger partial charge in [-0.25, -0.2) is 4.79 Å². The Morgan fingerprint density at radius 1 is 1.03 bits per heavy atom. The minimum absolute atomic E-state index is 0.0784. The predicted molar refractivity (Wildman–Crippen MR) is 111 cm³/mol. The van der Waals surface area contributed by atoms with Gasteiger partial charge in [-0.2, -0.15) is 5.26 Å². The van der Waals surface area contributed by atoms with Gasteiger partial charge in [-0.3, -0.25) is 4.79 Å². The highest BCUT2D eigenvalue weighted by molar-refractivity contribution is 5.99. The Morgan fingerprint density at radius 2 is 1.62 bits per heavy atom. The first-order valence-corrected chi connectivity index (χ1v) is 10.2. The van der Waals surface area contributed by atoms with Crippen LogP contribution in [0.3, 0.4) is 0 Å². The number of carboxylic acids is 1. The number of carboxylic acid groups (broad SMARTS) is 1. The first-order chi connectivity index (χ1) is 14.0. The summed E-state index contributed by atoms with van der Waals surface area (Å²) in [5.74, 6) is -0.696. The normalized spacial score (nSPS) is 14.4. The molecule has 5 heteroatoms. The Bertz CT molecular complexity index is 949. The molecule has 1 aliphatic rings. The van der Waals surface area contributed by atoms with Crippen molar-refractivity contribution in [2.24, 2.45) is 0 Å². The Morgan fingerprint density at radius 3 is 2.14 bits per heavy atom. The van der Waals surface area contributed by atoms with E-state index in [0.29, 0.717) is 43.0 Å². The molecule has 0 atom stereocenters. The first kappa shape index (κ1) is 20.6. The molecule has 0 spiro atoms. The molecule has 2 aromatic rings. The summed E-state index contributed by atoms with van der Waals surface area (Å²) in [5, 5.41) is 18.5. The topological polar surface area (TPSA) is 81.4 Å². The lowest BCUT2D eigenvalue weighted by Crippen LogP contribution is -2.38. The van der Waals surface area contributed by atoms with Crippen LogP contribution in [-0.4, -0.2) is 35.0 Å². The van der Waals surface area contributed by atoms with Crippen LogP contribution in [0.2, 0.25) is 0 Å².